The van der Waals surface area contributed by atoms with Crippen molar-refractivity contribution in [2.75, 3.05) is 30.9 Å². The third-order valence-corrected chi connectivity index (χ3v) is 7.34. The fourth-order valence-electron chi connectivity index (χ4n) is 3.21. The maximum Gasteiger partial charge on any atom is 0.245 e. The normalized spacial score (nSPS) is 20.6. The van der Waals surface area contributed by atoms with Crippen molar-refractivity contribution in [3.8, 4) is 0 Å². The summed E-state index contributed by atoms with van der Waals surface area (Å²) in [6.07, 6.45) is 2.51. The lowest BCUT2D eigenvalue weighted by Crippen LogP contribution is -2.49. The Bertz CT molecular complexity index is 785. The van der Waals surface area contributed by atoms with Gasteiger partial charge in [-0.3, -0.25) is 9.59 Å². The van der Waals surface area contributed by atoms with Gasteiger partial charge in [0.25, 0.3) is 0 Å². The van der Waals surface area contributed by atoms with Crippen LogP contribution in [0.25, 0.3) is 0 Å². The van der Waals surface area contributed by atoms with Gasteiger partial charge < -0.3 is 10.2 Å². The molecule has 0 bridgehead atoms. The molecule has 9 heteroatoms. The fourth-order valence-corrected chi connectivity index (χ4v) is 5.48. The first-order chi connectivity index (χ1) is 12.8. The van der Waals surface area contributed by atoms with Crippen LogP contribution in [-0.2, 0) is 19.4 Å². The van der Waals surface area contributed by atoms with Gasteiger partial charge in [0.15, 0.2) is 9.84 Å². The molecule has 0 aromatic heterocycles. The van der Waals surface area contributed by atoms with Crippen LogP contribution in [-0.4, -0.2) is 62.0 Å². The number of benzene rings is 1. The van der Waals surface area contributed by atoms with Crippen molar-refractivity contribution in [3.05, 3.63) is 35.6 Å². The van der Waals surface area contributed by atoms with Gasteiger partial charge >= 0.3 is 0 Å². The SMILES string of the molecule is CSCCC(NC(C)=O)C(=O)N1CCC(c2ccccc2F)S(=O)(=O)CC1. The number of amides is 2. The first-order valence-electron chi connectivity index (χ1n) is 8.77. The lowest BCUT2D eigenvalue weighted by Gasteiger charge is -2.26. The van der Waals surface area contributed by atoms with Crippen molar-refractivity contribution in [1.82, 2.24) is 10.2 Å². The molecule has 2 amide bonds. The second-order valence-corrected chi connectivity index (χ2v) is 9.81. The van der Waals surface area contributed by atoms with Crippen molar-refractivity contribution in [1.29, 1.82) is 0 Å². The van der Waals surface area contributed by atoms with Crippen LogP contribution >= 0.6 is 11.8 Å². The maximum atomic E-state index is 14.1. The van der Waals surface area contributed by atoms with E-state index in [4.69, 9.17) is 0 Å². The summed E-state index contributed by atoms with van der Waals surface area (Å²) in [6, 6.07) is 5.17. The molecule has 1 aliphatic rings. The molecule has 1 heterocycles. The van der Waals surface area contributed by atoms with Gasteiger partial charge in [-0.2, -0.15) is 11.8 Å². The molecular weight excluding hydrogens is 391 g/mol. The molecule has 2 atom stereocenters. The molecular formula is C18H25FN2O4S2. The Labute approximate surface area is 163 Å². The number of hydrogen-bond acceptors (Lipinski definition) is 5. The minimum absolute atomic E-state index is 0.0431. The first-order valence-corrected chi connectivity index (χ1v) is 11.9. The zero-order valence-electron chi connectivity index (χ0n) is 15.5. The molecule has 1 saturated heterocycles. The van der Waals surface area contributed by atoms with Crippen molar-refractivity contribution < 1.29 is 22.4 Å². The number of halogens is 1. The highest BCUT2D eigenvalue weighted by Gasteiger charge is 2.35. The van der Waals surface area contributed by atoms with Crippen LogP contribution in [0, 0.1) is 5.82 Å². The predicted octanol–water partition coefficient (Wildman–Crippen LogP) is 1.77. The monoisotopic (exact) mass is 416 g/mol. The minimum Gasteiger partial charge on any atom is -0.345 e. The molecule has 1 aromatic carbocycles. The van der Waals surface area contributed by atoms with E-state index in [1.165, 1.54) is 30.0 Å². The summed E-state index contributed by atoms with van der Waals surface area (Å²) in [4.78, 5) is 25.7. The first kappa shape index (κ1) is 21.7. The number of rotatable bonds is 6. The fraction of sp³-hybridized carbons (Fsp3) is 0.556. The highest BCUT2D eigenvalue weighted by atomic mass is 32.2. The van der Waals surface area contributed by atoms with Crippen LogP contribution in [0.3, 0.4) is 0 Å². The lowest BCUT2D eigenvalue weighted by atomic mass is 10.1. The average molecular weight is 417 g/mol. The second kappa shape index (κ2) is 9.54. The van der Waals surface area contributed by atoms with E-state index in [0.717, 1.165) is 0 Å². The summed E-state index contributed by atoms with van der Waals surface area (Å²) >= 11 is 1.56. The Hall–Kier alpha value is -1.61. The summed E-state index contributed by atoms with van der Waals surface area (Å²) in [5.41, 5.74) is 0.146. The predicted molar refractivity (Wildman–Crippen MR) is 105 cm³/mol. The van der Waals surface area contributed by atoms with Gasteiger partial charge in [0.2, 0.25) is 11.8 Å². The summed E-state index contributed by atoms with van der Waals surface area (Å²) < 4.78 is 39.5. The zero-order chi connectivity index (χ0) is 20.0. The standard InChI is InChI=1S/C18H25FN2O4S2/c1-13(22)20-16(8-11-26-2)18(23)21-9-7-17(27(24,25)12-10-21)14-5-3-4-6-15(14)19/h3-6,16-17H,7-12H2,1-2H3,(H,20,22). The van der Waals surface area contributed by atoms with E-state index >= 15 is 0 Å². The van der Waals surface area contributed by atoms with Crippen LogP contribution in [0.15, 0.2) is 24.3 Å². The molecule has 27 heavy (non-hydrogen) atoms. The van der Waals surface area contributed by atoms with Gasteiger partial charge in [-0.15, -0.1) is 0 Å². The van der Waals surface area contributed by atoms with Crippen molar-refractivity contribution in [2.45, 2.75) is 31.1 Å². The molecule has 2 rings (SSSR count). The second-order valence-electron chi connectivity index (χ2n) is 6.53. The molecule has 1 aliphatic heterocycles. The van der Waals surface area contributed by atoms with Gasteiger partial charge in [-0.05, 0) is 30.9 Å². The third-order valence-electron chi connectivity index (χ3n) is 4.59. The largest absolute Gasteiger partial charge is 0.345 e. The van der Waals surface area contributed by atoms with Gasteiger partial charge in [0, 0.05) is 25.6 Å². The number of carbonyl (C=O) groups is 2. The quantitative estimate of drug-likeness (QED) is 0.764. The topological polar surface area (TPSA) is 83.6 Å². The van der Waals surface area contributed by atoms with E-state index in [2.05, 4.69) is 5.32 Å². The van der Waals surface area contributed by atoms with E-state index in [1.54, 1.807) is 17.8 Å². The number of thioether (sulfide) groups is 1. The van der Waals surface area contributed by atoms with E-state index in [1.807, 2.05) is 6.26 Å². The number of sulfone groups is 1. The van der Waals surface area contributed by atoms with Crippen molar-refractivity contribution in [2.24, 2.45) is 0 Å². The average Bonchev–Trinajstić information content (AvgIpc) is 2.76. The number of nitrogens with one attached hydrogen (secondary N) is 1. The van der Waals surface area contributed by atoms with Crippen LogP contribution in [0.5, 0.6) is 0 Å². The van der Waals surface area contributed by atoms with Crippen LogP contribution in [0.1, 0.15) is 30.6 Å². The molecule has 1 N–H and O–H groups in total. The Morgan fingerprint density at radius 3 is 2.67 bits per heavy atom. The van der Waals surface area contributed by atoms with Crippen LogP contribution < -0.4 is 5.32 Å². The van der Waals surface area contributed by atoms with Crippen LogP contribution in [0.4, 0.5) is 4.39 Å². The number of nitrogens with zero attached hydrogens (tertiary/aromatic N) is 1. The molecule has 0 aliphatic carbocycles. The van der Waals surface area contributed by atoms with E-state index < -0.39 is 26.9 Å². The zero-order valence-corrected chi connectivity index (χ0v) is 17.1. The van der Waals surface area contributed by atoms with Gasteiger partial charge in [0.05, 0.1) is 11.0 Å². The van der Waals surface area contributed by atoms with Crippen molar-refractivity contribution in [3.63, 3.8) is 0 Å². The molecule has 1 fully saturated rings. The summed E-state index contributed by atoms with van der Waals surface area (Å²) in [6.45, 7) is 1.59. The molecule has 0 spiro atoms. The highest BCUT2D eigenvalue weighted by Crippen LogP contribution is 2.31. The Morgan fingerprint density at radius 1 is 1.33 bits per heavy atom. The van der Waals surface area contributed by atoms with Gasteiger partial charge in [-0.1, -0.05) is 18.2 Å². The third kappa shape index (κ3) is 5.68. The Balaban J connectivity index is 2.19. The van der Waals surface area contributed by atoms with Crippen molar-refractivity contribution >= 4 is 33.4 Å². The molecule has 1 aromatic rings. The smallest absolute Gasteiger partial charge is 0.245 e. The number of hydrogen-bond donors (Lipinski definition) is 1. The van der Waals surface area contributed by atoms with Gasteiger partial charge in [-0.25, -0.2) is 12.8 Å². The summed E-state index contributed by atoms with van der Waals surface area (Å²) in [5.74, 6) is -0.681. The molecule has 0 saturated carbocycles. The summed E-state index contributed by atoms with van der Waals surface area (Å²) in [5, 5.41) is 1.68. The number of carbonyl (C=O) groups excluding carboxylic acids is 2. The van der Waals surface area contributed by atoms with E-state index in [9.17, 15) is 22.4 Å². The minimum atomic E-state index is -3.59. The molecule has 0 radical (unpaired) electrons. The maximum absolute atomic E-state index is 14.1. The Morgan fingerprint density at radius 2 is 2.04 bits per heavy atom. The Kier molecular flexibility index (Phi) is 7.67. The molecule has 2 unspecified atom stereocenters. The van der Waals surface area contributed by atoms with Crippen LogP contribution in [0.2, 0.25) is 0 Å². The molecule has 6 nitrogen and oxygen atoms in total. The van der Waals surface area contributed by atoms with E-state index in [0.29, 0.717) is 12.2 Å². The molecule has 150 valence electrons. The lowest BCUT2D eigenvalue weighted by molar-refractivity contribution is -0.135. The highest BCUT2D eigenvalue weighted by molar-refractivity contribution is 7.98. The van der Waals surface area contributed by atoms with Gasteiger partial charge in [0.1, 0.15) is 11.9 Å². The summed E-state index contributed by atoms with van der Waals surface area (Å²) in [7, 11) is -3.59. The van der Waals surface area contributed by atoms with E-state index in [-0.39, 0.29) is 42.6 Å².